The summed E-state index contributed by atoms with van der Waals surface area (Å²) < 4.78 is 5.85. The van der Waals surface area contributed by atoms with Crippen molar-refractivity contribution in [1.82, 2.24) is 0 Å². The molecule has 0 bridgehead atoms. The van der Waals surface area contributed by atoms with Crippen molar-refractivity contribution in [2.75, 3.05) is 6.61 Å². The van der Waals surface area contributed by atoms with Crippen molar-refractivity contribution < 1.29 is 4.74 Å². The molecule has 1 fully saturated rings. The van der Waals surface area contributed by atoms with E-state index in [1.165, 1.54) is 25.7 Å². The smallest absolute Gasteiger partial charge is 0.104 e. The predicted molar refractivity (Wildman–Crippen MR) is 69.4 cm³/mol. The lowest BCUT2D eigenvalue weighted by Gasteiger charge is -2.26. The van der Waals surface area contributed by atoms with Gasteiger partial charge in [-0.1, -0.05) is 13.8 Å². The van der Waals surface area contributed by atoms with Crippen LogP contribution in [0.4, 0.5) is 0 Å². The molecule has 1 unspecified atom stereocenters. The zero-order valence-electron chi connectivity index (χ0n) is 11.2. The first-order valence-electron chi connectivity index (χ1n) is 6.91. The Hall–Kier alpha value is -0.590. The van der Waals surface area contributed by atoms with E-state index in [0.717, 1.165) is 25.4 Å². The molecular weight excluding hydrogens is 212 g/mol. The Bertz CT molecular complexity index is 253. The monoisotopic (exact) mass is 238 g/mol. The van der Waals surface area contributed by atoms with Gasteiger partial charge in [-0.25, -0.2) is 0 Å². The second kappa shape index (κ2) is 6.98. The largest absolute Gasteiger partial charge is 0.378 e. The molecule has 17 heavy (non-hydrogen) atoms. The SMILES string of the molecule is CCC(N)(C#N)CCCOC1CCC(C)CC1. The van der Waals surface area contributed by atoms with Crippen molar-refractivity contribution in [2.24, 2.45) is 11.7 Å². The van der Waals surface area contributed by atoms with Gasteiger partial charge in [0.1, 0.15) is 5.54 Å². The van der Waals surface area contributed by atoms with E-state index in [-0.39, 0.29) is 0 Å². The fourth-order valence-electron chi connectivity index (χ4n) is 2.35. The average Bonchev–Trinajstić information content (AvgIpc) is 2.36. The van der Waals surface area contributed by atoms with Gasteiger partial charge < -0.3 is 10.5 Å². The molecule has 1 aliphatic carbocycles. The molecule has 0 heterocycles. The van der Waals surface area contributed by atoms with Gasteiger partial charge in [0.2, 0.25) is 0 Å². The van der Waals surface area contributed by atoms with Crippen LogP contribution in [0.2, 0.25) is 0 Å². The predicted octanol–water partition coefficient (Wildman–Crippen LogP) is 2.99. The van der Waals surface area contributed by atoms with E-state index in [2.05, 4.69) is 13.0 Å². The van der Waals surface area contributed by atoms with Crippen LogP contribution in [0.15, 0.2) is 0 Å². The Balaban J connectivity index is 2.10. The number of rotatable bonds is 6. The first kappa shape index (κ1) is 14.5. The van der Waals surface area contributed by atoms with Gasteiger partial charge in [0.15, 0.2) is 0 Å². The summed E-state index contributed by atoms with van der Waals surface area (Å²) in [5.74, 6) is 0.866. The molecule has 0 aromatic rings. The van der Waals surface area contributed by atoms with Crippen LogP contribution >= 0.6 is 0 Å². The van der Waals surface area contributed by atoms with Gasteiger partial charge in [-0.2, -0.15) is 5.26 Å². The van der Waals surface area contributed by atoms with Crippen molar-refractivity contribution in [3.8, 4) is 6.07 Å². The summed E-state index contributed by atoms with van der Waals surface area (Å²) in [5, 5.41) is 8.95. The molecular formula is C14H26N2O. The summed E-state index contributed by atoms with van der Waals surface area (Å²) in [6.07, 6.45) is 7.76. The van der Waals surface area contributed by atoms with E-state index in [9.17, 15) is 0 Å². The highest BCUT2D eigenvalue weighted by Crippen LogP contribution is 2.25. The van der Waals surface area contributed by atoms with Gasteiger partial charge >= 0.3 is 0 Å². The fraction of sp³-hybridized carbons (Fsp3) is 0.929. The van der Waals surface area contributed by atoms with Gasteiger partial charge in [0.05, 0.1) is 12.2 Å². The molecule has 1 atom stereocenters. The Morgan fingerprint density at radius 3 is 2.53 bits per heavy atom. The second-order valence-corrected chi connectivity index (χ2v) is 5.48. The van der Waals surface area contributed by atoms with Gasteiger partial charge in [-0.15, -0.1) is 0 Å². The van der Waals surface area contributed by atoms with Crippen LogP contribution in [0, 0.1) is 17.2 Å². The number of hydrogen-bond donors (Lipinski definition) is 1. The van der Waals surface area contributed by atoms with Crippen molar-refractivity contribution in [1.29, 1.82) is 5.26 Å². The molecule has 0 aromatic heterocycles. The third-order valence-corrected chi connectivity index (χ3v) is 3.94. The second-order valence-electron chi connectivity index (χ2n) is 5.48. The van der Waals surface area contributed by atoms with Crippen LogP contribution in [0.5, 0.6) is 0 Å². The molecule has 3 heteroatoms. The highest BCUT2D eigenvalue weighted by atomic mass is 16.5. The first-order chi connectivity index (χ1) is 8.09. The van der Waals surface area contributed by atoms with Crippen LogP contribution in [-0.4, -0.2) is 18.2 Å². The number of nitrogens with zero attached hydrogens (tertiary/aromatic N) is 1. The number of nitriles is 1. The highest BCUT2D eigenvalue weighted by molar-refractivity contribution is 5.03. The van der Waals surface area contributed by atoms with Crippen LogP contribution in [0.3, 0.4) is 0 Å². The molecule has 1 aliphatic rings. The van der Waals surface area contributed by atoms with Crippen LogP contribution in [0.25, 0.3) is 0 Å². The zero-order chi connectivity index (χ0) is 12.7. The van der Waals surface area contributed by atoms with Gasteiger partial charge in [-0.3, -0.25) is 0 Å². The molecule has 0 amide bonds. The van der Waals surface area contributed by atoms with Crippen molar-refractivity contribution in [3.63, 3.8) is 0 Å². The lowest BCUT2D eigenvalue weighted by atomic mass is 9.89. The van der Waals surface area contributed by atoms with E-state index >= 15 is 0 Å². The Morgan fingerprint density at radius 2 is 2.00 bits per heavy atom. The van der Waals surface area contributed by atoms with Gasteiger partial charge in [0, 0.05) is 6.61 Å². The van der Waals surface area contributed by atoms with E-state index in [0.29, 0.717) is 12.5 Å². The quantitative estimate of drug-likeness (QED) is 0.724. The summed E-state index contributed by atoms with van der Waals surface area (Å²) in [7, 11) is 0. The van der Waals surface area contributed by atoms with E-state index in [1.54, 1.807) is 0 Å². The summed E-state index contributed by atoms with van der Waals surface area (Å²) >= 11 is 0. The lowest BCUT2D eigenvalue weighted by molar-refractivity contribution is 0.0167. The molecule has 98 valence electrons. The minimum atomic E-state index is -0.648. The summed E-state index contributed by atoms with van der Waals surface area (Å²) in [6, 6.07) is 2.19. The molecule has 2 N–H and O–H groups in total. The van der Waals surface area contributed by atoms with E-state index in [1.807, 2.05) is 6.92 Å². The molecule has 3 nitrogen and oxygen atoms in total. The summed E-state index contributed by atoms with van der Waals surface area (Å²) in [6.45, 7) is 5.03. The van der Waals surface area contributed by atoms with Crippen molar-refractivity contribution in [2.45, 2.75) is 70.4 Å². The normalized spacial score (nSPS) is 28.4. The number of ether oxygens (including phenoxy) is 1. The van der Waals surface area contributed by atoms with Crippen LogP contribution in [-0.2, 0) is 4.74 Å². The standard InChI is InChI=1S/C14H26N2O/c1-3-14(16,11-15)9-4-10-17-13-7-5-12(2)6-8-13/h12-13H,3-10,16H2,1-2H3. The fourth-order valence-corrected chi connectivity index (χ4v) is 2.35. The maximum atomic E-state index is 8.95. The van der Waals surface area contributed by atoms with Gasteiger partial charge in [-0.05, 0) is 50.9 Å². The highest BCUT2D eigenvalue weighted by Gasteiger charge is 2.22. The maximum Gasteiger partial charge on any atom is 0.104 e. The Morgan fingerprint density at radius 1 is 1.35 bits per heavy atom. The molecule has 0 aromatic carbocycles. The molecule has 1 saturated carbocycles. The topological polar surface area (TPSA) is 59.0 Å². The van der Waals surface area contributed by atoms with Crippen LogP contribution in [0.1, 0.15) is 58.8 Å². The molecule has 0 spiro atoms. The van der Waals surface area contributed by atoms with E-state index in [4.69, 9.17) is 15.7 Å². The van der Waals surface area contributed by atoms with Crippen LogP contribution < -0.4 is 5.73 Å². The maximum absolute atomic E-state index is 8.95. The summed E-state index contributed by atoms with van der Waals surface area (Å²) in [5.41, 5.74) is 5.27. The minimum absolute atomic E-state index is 0.446. The zero-order valence-corrected chi connectivity index (χ0v) is 11.2. The lowest BCUT2D eigenvalue weighted by Crippen LogP contribution is -2.37. The molecule has 1 rings (SSSR count). The minimum Gasteiger partial charge on any atom is -0.378 e. The third-order valence-electron chi connectivity index (χ3n) is 3.94. The molecule has 0 radical (unpaired) electrons. The number of hydrogen-bond acceptors (Lipinski definition) is 3. The number of nitrogens with two attached hydrogens (primary N) is 1. The molecule has 0 aliphatic heterocycles. The Labute approximate surface area is 105 Å². The van der Waals surface area contributed by atoms with Gasteiger partial charge in [0.25, 0.3) is 0 Å². The Kier molecular flexibility index (Phi) is 5.94. The van der Waals surface area contributed by atoms with Crippen molar-refractivity contribution >= 4 is 0 Å². The molecule has 0 saturated heterocycles. The van der Waals surface area contributed by atoms with Crippen molar-refractivity contribution in [3.05, 3.63) is 0 Å². The summed E-state index contributed by atoms with van der Waals surface area (Å²) in [4.78, 5) is 0. The first-order valence-corrected chi connectivity index (χ1v) is 6.91. The average molecular weight is 238 g/mol. The van der Waals surface area contributed by atoms with E-state index < -0.39 is 5.54 Å². The third kappa shape index (κ3) is 5.06.